The van der Waals surface area contributed by atoms with E-state index in [-0.39, 0.29) is 12.2 Å². The summed E-state index contributed by atoms with van der Waals surface area (Å²) >= 11 is 1.47. The molecule has 0 radical (unpaired) electrons. The Morgan fingerprint density at radius 3 is 2.77 bits per heavy atom. The first-order valence-electron chi connectivity index (χ1n) is 7.81. The Kier molecular flexibility index (Phi) is 5.04. The van der Waals surface area contributed by atoms with Crippen LogP contribution in [0.25, 0.3) is 6.08 Å². The summed E-state index contributed by atoms with van der Waals surface area (Å²) in [6, 6.07) is 8.20. The number of thiophene rings is 1. The van der Waals surface area contributed by atoms with Crippen molar-refractivity contribution in [2.75, 3.05) is 19.0 Å². The van der Waals surface area contributed by atoms with Crippen molar-refractivity contribution >= 4 is 40.9 Å². The predicted molar refractivity (Wildman–Crippen MR) is 98.9 cm³/mol. The third-order valence-corrected chi connectivity index (χ3v) is 4.79. The number of benzene rings is 1. The van der Waals surface area contributed by atoms with Gasteiger partial charge in [-0.3, -0.25) is 9.59 Å². The average Bonchev–Trinajstić information content (AvgIpc) is 3.14. The first kappa shape index (κ1) is 17.7. The molecule has 2 aromatic rings. The monoisotopic (exact) mass is 371 g/mol. The van der Waals surface area contributed by atoms with E-state index < -0.39 is 17.8 Å². The number of rotatable bonds is 5. The molecule has 8 heteroatoms. The Hall–Kier alpha value is -3.13. The molecule has 0 spiro atoms. The van der Waals surface area contributed by atoms with E-state index in [4.69, 9.17) is 4.74 Å². The summed E-state index contributed by atoms with van der Waals surface area (Å²) in [6.07, 6.45) is 1.62. The number of anilines is 1. The van der Waals surface area contributed by atoms with Gasteiger partial charge in [-0.15, -0.1) is 11.3 Å². The summed E-state index contributed by atoms with van der Waals surface area (Å²) in [5, 5.41) is 7.06. The molecule has 1 aliphatic heterocycles. The van der Waals surface area contributed by atoms with E-state index in [1.54, 1.807) is 30.3 Å². The Labute approximate surface area is 154 Å². The third kappa shape index (κ3) is 3.60. The maximum atomic E-state index is 12.4. The highest BCUT2D eigenvalue weighted by molar-refractivity contribution is 7.11. The second-order valence-corrected chi connectivity index (χ2v) is 6.54. The van der Waals surface area contributed by atoms with Crippen LogP contribution < -0.4 is 15.4 Å². The van der Waals surface area contributed by atoms with Gasteiger partial charge in [0.25, 0.3) is 5.91 Å². The van der Waals surface area contributed by atoms with Gasteiger partial charge in [-0.1, -0.05) is 12.1 Å². The minimum atomic E-state index is -0.620. The van der Waals surface area contributed by atoms with Gasteiger partial charge in [0.05, 0.1) is 12.8 Å². The molecule has 0 unspecified atom stereocenters. The fourth-order valence-corrected chi connectivity index (χ4v) is 3.32. The molecule has 2 heterocycles. The molecule has 0 aliphatic carbocycles. The lowest BCUT2D eigenvalue weighted by molar-refractivity contribution is -0.127. The highest BCUT2D eigenvalue weighted by Gasteiger charge is 2.35. The van der Waals surface area contributed by atoms with Gasteiger partial charge >= 0.3 is 6.03 Å². The van der Waals surface area contributed by atoms with Gasteiger partial charge in [-0.2, -0.15) is 0 Å². The summed E-state index contributed by atoms with van der Waals surface area (Å²) in [5.74, 6) is -0.531. The van der Waals surface area contributed by atoms with Crippen LogP contribution in [0.1, 0.15) is 10.4 Å². The first-order valence-corrected chi connectivity index (χ1v) is 8.69. The van der Waals surface area contributed by atoms with Crippen molar-refractivity contribution in [3.8, 4) is 5.75 Å². The lowest BCUT2D eigenvalue weighted by atomic mass is 10.2. The number of ether oxygens (including phenoxy) is 1. The van der Waals surface area contributed by atoms with E-state index in [1.807, 2.05) is 18.4 Å². The van der Waals surface area contributed by atoms with Crippen molar-refractivity contribution in [2.24, 2.45) is 0 Å². The van der Waals surface area contributed by atoms with Crippen molar-refractivity contribution in [1.29, 1.82) is 0 Å². The second kappa shape index (κ2) is 7.40. The number of urea groups is 1. The average molecular weight is 371 g/mol. The number of carbonyl (C=O) groups excluding carboxylic acids is 3. The van der Waals surface area contributed by atoms with Gasteiger partial charge < -0.3 is 15.4 Å². The van der Waals surface area contributed by atoms with Crippen LogP contribution in [0.2, 0.25) is 0 Å². The van der Waals surface area contributed by atoms with E-state index in [2.05, 4.69) is 10.6 Å². The van der Waals surface area contributed by atoms with Gasteiger partial charge in [0, 0.05) is 4.88 Å². The first-order chi connectivity index (χ1) is 12.5. The van der Waals surface area contributed by atoms with Crippen LogP contribution in [0.5, 0.6) is 5.75 Å². The van der Waals surface area contributed by atoms with E-state index in [9.17, 15) is 14.4 Å². The van der Waals surface area contributed by atoms with E-state index in [1.165, 1.54) is 18.4 Å². The Bertz CT molecular complexity index is 903. The fourth-order valence-electron chi connectivity index (χ4n) is 2.46. The van der Waals surface area contributed by atoms with Crippen molar-refractivity contribution in [3.05, 3.63) is 51.8 Å². The smallest absolute Gasteiger partial charge is 0.329 e. The number of hydrogen-bond acceptors (Lipinski definition) is 5. The zero-order valence-electron chi connectivity index (χ0n) is 14.2. The quantitative estimate of drug-likeness (QED) is 0.625. The zero-order chi connectivity index (χ0) is 18.7. The summed E-state index contributed by atoms with van der Waals surface area (Å²) in [6.45, 7) is 1.53. The number of hydrogen-bond donors (Lipinski definition) is 2. The lowest BCUT2D eigenvalue weighted by Crippen LogP contribution is -2.38. The van der Waals surface area contributed by atoms with Gasteiger partial charge in [-0.05, 0) is 42.1 Å². The molecular formula is C18H17N3O4S. The summed E-state index contributed by atoms with van der Waals surface area (Å²) in [7, 11) is 1.49. The van der Waals surface area contributed by atoms with Crippen LogP contribution in [0.3, 0.4) is 0 Å². The Balaban J connectivity index is 1.71. The minimum absolute atomic E-state index is 0.158. The number of carbonyl (C=O) groups is 3. The molecular weight excluding hydrogens is 354 g/mol. The molecule has 1 fully saturated rings. The number of para-hydroxylation sites is 2. The van der Waals surface area contributed by atoms with Crippen LogP contribution in [0.4, 0.5) is 10.5 Å². The number of nitrogens with one attached hydrogen (secondary N) is 2. The second-order valence-electron chi connectivity index (χ2n) is 5.60. The van der Waals surface area contributed by atoms with Crippen LogP contribution in [0, 0.1) is 6.92 Å². The summed E-state index contributed by atoms with van der Waals surface area (Å²) < 4.78 is 5.16. The molecule has 0 saturated carbocycles. The molecule has 4 amide bonds. The molecule has 26 heavy (non-hydrogen) atoms. The minimum Gasteiger partial charge on any atom is -0.495 e. The van der Waals surface area contributed by atoms with Gasteiger partial charge in [0.15, 0.2) is 0 Å². The maximum Gasteiger partial charge on any atom is 0.329 e. The largest absolute Gasteiger partial charge is 0.495 e. The number of amides is 4. The molecule has 1 aliphatic rings. The molecule has 3 rings (SSSR count). The molecule has 1 saturated heterocycles. The molecule has 1 aromatic carbocycles. The van der Waals surface area contributed by atoms with E-state index in [0.29, 0.717) is 11.4 Å². The normalized spacial score (nSPS) is 15.3. The van der Waals surface area contributed by atoms with Gasteiger partial charge in [0.1, 0.15) is 18.0 Å². The number of aryl methyl sites for hydroxylation is 1. The van der Waals surface area contributed by atoms with Crippen LogP contribution in [-0.4, -0.2) is 36.4 Å². The van der Waals surface area contributed by atoms with Gasteiger partial charge in [-0.25, -0.2) is 9.69 Å². The third-order valence-electron chi connectivity index (χ3n) is 3.82. The summed E-state index contributed by atoms with van der Waals surface area (Å²) in [5.41, 5.74) is 1.64. The van der Waals surface area contributed by atoms with E-state index >= 15 is 0 Å². The number of nitrogens with zero attached hydrogens (tertiary/aromatic N) is 1. The molecule has 0 atom stereocenters. The van der Waals surface area contributed by atoms with Crippen LogP contribution >= 0.6 is 11.3 Å². The topological polar surface area (TPSA) is 87.7 Å². The van der Waals surface area contributed by atoms with Crippen LogP contribution in [0.15, 0.2) is 41.4 Å². The molecule has 2 N–H and O–H groups in total. The predicted octanol–water partition coefficient (Wildman–Crippen LogP) is 2.60. The van der Waals surface area contributed by atoms with Crippen molar-refractivity contribution in [3.63, 3.8) is 0 Å². The maximum absolute atomic E-state index is 12.4. The number of methoxy groups -OCH3 is 1. The summed E-state index contributed by atoms with van der Waals surface area (Å²) in [4.78, 5) is 38.5. The zero-order valence-corrected chi connectivity index (χ0v) is 15.1. The highest BCUT2D eigenvalue weighted by atomic mass is 32.1. The van der Waals surface area contributed by atoms with Crippen molar-refractivity contribution in [2.45, 2.75) is 6.92 Å². The Morgan fingerprint density at radius 1 is 1.31 bits per heavy atom. The van der Waals surface area contributed by atoms with Gasteiger partial charge in [0.2, 0.25) is 5.91 Å². The SMILES string of the molecule is COc1ccccc1NC(=O)CN1C(=O)N/C(=C\c2sccc2C)C1=O. The molecule has 134 valence electrons. The lowest BCUT2D eigenvalue weighted by Gasteiger charge is -2.13. The standard InChI is InChI=1S/C18H17N3O4S/c1-11-7-8-26-15(11)9-13-17(23)21(18(24)20-13)10-16(22)19-12-5-3-4-6-14(12)25-2/h3-9H,10H2,1-2H3,(H,19,22)(H,20,24)/b13-9-. The Morgan fingerprint density at radius 2 is 2.08 bits per heavy atom. The fraction of sp³-hybridized carbons (Fsp3) is 0.167. The highest BCUT2D eigenvalue weighted by Crippen LogP contribution is 2.24. The van der Waals surface area contributed by atoms with E-state index in [0.717, 1.165) is 15.3 Å². The van der Waals surface area contributed by atoms with Crippen molar-refractivity contribution in [1.82, 2.24) is 10.2 Å². The molecule has 1 aromatic heterocycles. The molecule has 0 bridgehead atoms. The van der Waals surface area contributed by atoms with Crippen molar-refractivity contribution < 1.29 is 19.1 Å². The molecule has 7 nitrogen and oxygen atoms in total. The van der Waals surface area contributed by atoms with Crippen LogP contribution in [-0.2, 0) is 9.59 Å². The number of imide groups is 1.